The number of carbonyl (C=O) groups excluding carboxylic acids is 1. The van der Waals surface area contributed by atoms with E-state index in [2.05, 4.69) is 15.9 Å². The van der Waals surface area contributed by atoms with Crippen molar-refractivity contribution in [2.45, 2.75) is 49.5 Å². The maximum Gasteiger partial charge on any atom is 0.244 e. The first kappa shape index (κ1) is 17.4. The van der Waals surface area contributed by atoms with Crippen LogP contribution in [0.1, 0.15) is 38.5 Å². The van der Waals surface area contributed by atoms with Gasteiger partial charge in [0, 0.05) is 29.4 Å². The van der Waals surface area contributed by atoms with Gasteiger partial charge in [0.05, 0.1) is 5.02 Å². The molecule has 0 spiro atoms. The van der Waals surface area contributed by atoms with Crippen LogP contribution >= 0.6 is 27.5 Å². The maximum atomic E-state index is 13.0. The first-order valence-electron chi connectivity index (χ1n) is 7.91. The standard InChI is InChI=1S/C16H19BrClNO3S/c17-11-7-8-16(13(18)10-11)23(21,22)19-9-3-5-14(19)12-4-1-2-6-15(12)20/h7-8,10,12,14H,1-6,9H2/t12-,14+/m1/s1. The Morgan fingerprint density at radius 2 is 1.96 bits per heavy atom. The Kier molecular flexibility index (Phi) is 5.16. The fraction of sp³-hybridized carbons (Fsp3) is 0.562. The third-order valence-corrected chi connectivity index (χ3v) is 7.70. The Labute approximate surface area is 150 Å². The second-order valence-corrected chi connectivity index (χ2v) is 9.40. The fourth-order valence-electron chi connectivity index (χ4n) is 3.69. The topological polar surface area (TPSA) is 54.5 Å². The summed E-state index contributed by atoms with van der Waals surface area (Å²) in [4.78, 5) is 12.4. The van der Waals surface area contributed by atoms with E-state index >= 15 is 0 Å². The van der Waals surface area contributed by atoms with Crippen LogP contribution in [0.4, 0.5) is 0 Å². The molecule has 1 aliphatic carbocycles. The second kappa shape index (κ2) is 6.82. The molecule has 2 fully saturated rings. The molecule has 0 aromatic heterocycles. The number of carbonyl (C=O) groups is 1. The summed E-state index contributed by atoms with van der Waals surface area (Å²) >= 11 is 9.44. The van der Waals surface area contributed by atoms with Crippen molar-refractivity contribution in [3.8, 4) is 0 Å². The minimum Gasteiger partial charge on any atom is -0.299 e. The normalized spacial score (nSPS) is 26.6. The highest BCUT2D eigenvalue weighted by molar-refractivity contribution is 9.10. The highest BCUT2D eigenvalue weighted by atomic mass is 79.9. The molecule has 23 heavy (non-hydrogen) atoms. The first-order chi connectivity index (χ1) is 10.9. The molecule has 1 aromatic rings. The lowest BCUT2D eigenvalue weighted by Crippen LogP contribution is -2.43. The molecular weight excluding hydrogens is 402 g/mol. The number of hydrogen-bond donors (Lipinski definition) is 0. The van der Waals surface area contributed by atoms with E-state index in [1.54, 1.807) is 12.1 Å². The average molecular weight is 421 g/mol. The molecule has 1 aliphatic heterocycles. The molecule has 0 bridgehead atoms. The van der Waals surface area contributed by atoms with Crippen LogP contribution in [0.2, 0.25) is 5.02 Å². The zero-order valence-electron chi connectivity index (χ0n) is 12.7. The summed E-state index contributed by atoms with van der Waals surface area (Å²) in [7, 11) is -3.68. The van der Waals surface area contributed by atoms with Crippen LogP contribution < -0.4 is 0 Å². The van der Waals surface area contributed by atoms with E-state index < -0.39 is 10.0 Å². The van der Waals surface area contributed by atoms with Crippen LogP contribution in [-0.4, -0.2) is 31.1 Å². The van der Waals surface area contributed by atoms with Crippen molar-refractivity contribution >= 4 is 43.3 Å². The highest BCUT2D eigenvalue weighted by Crippen LogP contribution is 2.37. The molecule has 126 valence electrons. The molecule has 7 heteroatoms. The summed E-state index contributed by atoms with van der Waals surface area (Å²) in [6.45, 7) is 0.461. The summed E-state index contributed by atoms with van der Waals surface area (Å²) in [5.74, 6) is 0.0560. The molecule has 0 radical (unpaired) electrons. The number of sulfonamides is 1. The lowest BCUT2D eigenvalue weighted by atomic mass is 9.82. The van der Waals surface area contributed by atoms with Crippen molar-refractivity contribution in [1.29, 1.82) is 0 Å². The van der Waals surface area contributed by atoms with Gasteiger partial charge in [0.2, 0.25) is 10.0 Å². The van der Waals surface area contributed by atoms with Gasteiger partial charge in [0.25, 0.3) is 0 Å². The Morgan fingerprint density at radius 1 is 1.17 bits per heavy atom. The molecule has 2 atom stereocenters. The number of nitrogens with zero attached hydrogens (tertiary/aromatic N) is 1. The van der Waals surface area contributed by atoms with Gasteiger partial charge in [-0.1, -0.05) is 34.0 Å². The number of benzene rings is 1. The molecule has 2 aliphatic rings. The molecule has 0 N–H and O–H groups in total. The second-order valence-electron chi connectivity index (χ2n) is 6.22. The molecule has 0 unspecified atom stereocenters. The molecule has 1 aromatic carbocycles. The van der Waals surface area contributed by atoms with Crippen LogP contribution in [0, 0.1) is 5.92 Å². The molecule has 1 heterocycles. The van der Waals surface area contributed by atoms with E-state index in [4.69, 9.17) is 11.6 Å². The minimum atomic E-state index is -3.68. The van der Waals surface area contributed by atoms with Gasteiger partial charge in [-0.2, -0.15) is 4.31 Å². The summed E-state index contributed by atoms with van der Waals surface area (Å²) in [5, 5.41) is 0.208. The first-order valence-corrected chi connectivity index (χ1v) is 10.5. The Balaban J connectivity index is 1.93. The highest BCUT2D eigenvalue weighted by Gasteiger charge is 2.43. The van der Waals surface area contributed by atoms with Gasteiger partial charge < -0.3 is 0 Å². The van der Waals surface area contributed by atoms with Gasteiger partial charge in [0.1, 0.15) is 10.7 Å². The van der Waals surface area contributed by atoms with Gasteiger partial charge >= 0.3 is 0 Å². The Hall–Kier alpha value is -0.430. The third-order valence-electron chi connectivity index (χ3n) is 4.80. The largest absolute Gasteiger partial charge is 0.299 e. The summed E-state index contributed by atoms with van der Waals surface area (Å²) in [6, 6.07) is 4.58. The van der Waals surface area contributed by atoms with E-state index in [1.165, 1.54) is 10.4 Å². The van der Waals surface area contributed by atoms with E-state index in [1.807, 2.05) is 0 Å². The lowest BCUT2D eigenvalue weighted by Gasteiger charge is -2.32. The third kappa shape index (κ3) is 3.36. The van der Waals surface area contributed by atoms with E-state index in [0.717, 1.165) is 36.6 Å². The number of hydrogen-bond acceptors (Lipinski definition) is 3. The van der Waals surface area contributed by atoms with Gasteiger partial charge in [-0.3, -0.25) is 4.79 Å². The Bertz CT molecular complexity index is 722. The van der Waals surface area contributed by atoms with Crippen LogP contribution in [0.3, 0.4) is 0 Å². The minimum absolute atomic E-state index is 0.123. The van der Waals surface area contributed by atoms with Crippen molar-refractivity contribution in [3.63, 3.8) is 0 Å². The van der Waals surface area contributed by atoms with Gasteiger partial charge in [0.15, 0.2) is 0 Å². The predicted octanol–water partition coefficient (Wildman–Crippen LogP) is 4.01. The molecule has 4 nitrogen and oxygen atoms in total. The summed E-state index contributed by atoms with van der Waals surface area (Å²) < 4.78 is 28.3. The molecular formula is C16H19BrClNO3S. The SMILES string of the molecule is O=C1CCCC[C@@H]1[C@@H]1CCCN1S(=O)(=O)c1ccc(Br)cc1Cl. The zero-order valence-corrected chi connectivity index (χ0v) is 15.8. The predicted molar refractivity (Wildman–Crippen MR) is 93.0 cm³/mol. The Morgan fingerprint density at radius 3 is 2.65 bits per heavy atom. The molecule has 1 saturated heterocycles. The summed E-state index contributed by atoms with van der Waals surface area (Å²) in [6.07, 6.45) is 4.84. The summed E-state index contributed by atoms with van der Waals surface area (Å²) in [5.41, 5.74) is 0. The molecule has 1 saturated carbocycles. The van der Waals surface area contributed by atoms with Gasteiger partial charge in [-0.25, -0.2) is 8.42 Å². The lowest BCUT2D eigenvalue weighted by molar-refractivity contribution is -0.126. The average Bonchev–Trinajstić information content (AvgIpc) is 2.97. The maximum absolute atomic E-state index is 13.0. The van der Waals surface area contributed by atoms with E-state index in [9.17, 15) is 13.2 Å². The molecule has 0 amide bonds. The van der Waals surface area contributed by atoms with Crippen molar-refractivity contribution in [1.82, 2.24) is 4.31 Å². The van der Waals surface area contributed by atoms with E-state index in [0.29, 0.717) is 13.0 Å². The number of rotatable bonds is 3. The van der Waals surface area contributed by atoms with Gasteiger partial charge in [-0.15, -0.1) is 0 Å². The van der Waals surface area contributed by atoms with Crippen LogP contribution in [0.25, 0.3) is 0 Å². The van der Waals surface area contributed by atoms with Crippen molar-refractivity contribution in [3.05, 3.63) is 27.7 Å². The number of Topliss-reactive ketones (excluding diaryl/α,β-unsaturated/α-hetero) is 1. The number of halogens is 2. The van der Waals surface area contributed by atoms with Crippen LogP contribution in [0.15, 0.2) is 27.6 Å². The number of ketones is 1. The van der Waals surface area contributed by atoms with Crippen molar-refractivity contribution in [2.75, 3.05) is 6.54 Å². The van der Waals surface area contributed by atoms with Crippen LogP contribution in [-0.2, 0) is 14.8 Å². The zero-order chi connectivity index (χ0) is 16.6. The molecule has 3 rings (SSSR count). The quantitative estimate of drug-likeness (QED) is 0.742. The van der Waals surface area contributed by atoms with Crippen LogP contribution in [0.5, 0.6) is 0 Å². The van der Waals surface area contributed by atoms with Crippen molar-refractivity contribution in [2.24, 2.45) is 5.92 Å². The smallest absolute Gasteiger partial charge is 0.244 e. The fourth-order valence-corrected chi connectivity index (χ4v) is 6.44. The van der Waals surface area contributed by atoms with Gasteiger partial charge in [-0.05, 0) is 43.9 Å². The van der Waals surface area contributed by atoms with Crippen molar-refractivity contribution < 1.29 is 13.2 Å². The monoisotopic (exact) mass is 419 g/mol. The van der Waals surface area contributed by atoms with E-state index in [-0.39, 0.29) is 27.7 Å².